The summed E-state index contributed by atoms with van der Waals surface area (Å²) in [5, 5.41) is 3.85. The average molecular weight is 407 g/mol. The van der Waals surface area contributed by atoms with Crippen LogP contribution in [0.15, 0.2) is 46.9 Å². The molecule has 4 saturated carbocycles. The molecule has 1 amide bonds. The minimum Gasteiger partial charge on any atom is -0.436 e. The summed E-state index contributed by atoms with van der Waals surface area (Å²) in [6, 6.07) is 13.2. The van der Waals surface area contributed by atoms with Crippen LogP contribution in [-0.2, 0) is 4.79 Å². The Morgan fingerprint density at radius 1 is 1.03 bits per heavy atom. The fourth-order valence-corrected chi connectivity index (χ4v) is 6.59. The predicted octanol–water partition coefficient (Wildman–Crippen LogP) is 6.30. The van der Waals surface area contributed by atoms with Gasteiger partial charge in [0.15, 0.2) is 5.58 Å². The van der Waals surface area contributed by atoms with Crippen LogP contribution in [0.25, 0.3) is 22.6 Å². The van der Waals surface area contributed by atoms with Crippen LogP contribution >= 0.6 is 11.6 Å². The molecular weight excluding hydrogens is 384 g/mol. The molecule has 0 spiro atoms. The first kappa shape index (κ1) is 17.5. The van der Waals surface area contributed by atoms with E-state index in [4.69, 9.17) is 16.0 Å². The van der Waals surface area contributed by atoms with Crippen molar-refractivity contribution in [2.45, 2.75) is 38.5 Å². The fraction of sp³-hybridized carbons (Fsp3) is 0.417. The molecule has 2 aromatic carbocycles. The lowest BCUT2D eigenvalue weighted by Crippen LogP contribution is -2.51. The molecule has 1 N–H and O–H groups in total. The molecule has 7 rings (SSSR count). The predicted molar refractivity (Wildman–Crippen MR) is 114 cm³/mol. The van der Waals surface area contributed by atoms with E-state index in [0.29, 0.717) is 16.5 Å². The largest absolute Gasteiger partial charge is 0.436 e. The molecule has 1 aromatic heterocycles. The molecule has 148 valence electrons. The Labute approximate surface area is 174 Å². The van der Waals surface area contributed by atoms with Crippen molar-refractivity contribution >= 4 is 34.3 Å². The molecule has 0 saturated heterocycles. The number of nitrogens with zero attached hydrogens (tertiary/aromatic N) is 1. The van der Waals surface area contributed by atoms with E-state index in [9.17, 15) is 4.79 Å². The Hall–Kier alpha value is -2.33. The summed E-state index contributed by atoms with van der Waals surface area (Å²) in [6.07, 6.45) is 7.21. The van der Waals surface area contributed by atoms with Crippen LogP contribution in [0.2, 0.25) is 5.02 Å². The minimum absolute atomic E-state index is 0.153. The van der Waals surface area contributed by atoms with Gasteiger partial charge in [0, 0.05) is 16.3 Å². The number of halogens is 1. The van der Waals surface area contributed by atoms with Gasteiger partial charge in [0.25, 0.3) is 0 Å². The number of benzene rings is 2. The zero-order valence-electron chi connectivity index (χ0n) is 16.2. The number of rotatable bonds is 3. The van der Waals surface area contributed by atoms with E-state index < -0.39 is 0 Å². The second-order valence-electron chi connectivity index (χ2n) is 9.36. The zero-order chi connectivity index (χ0) is 19.6. The number of hydrogen-bond donors (Lipinski definition) is 1. The molecule has 0 atom stereocenters. The first-order valence-corrected chi connectivity index (χ1v) is 10.9. The van der Waals surface area contributed by atoms with Gasteiger partial charge in [0.2, 0.25) is 11.8 Å². The quantitative estimate of drug-likeness (QED) is 0.555. The molecule has 5 heteroatoms. The smallest absolute Gasteiger partial charge is 0.230 e. The maximum atomic E-state index is 13.3. The van der Waals surface area contributed by atoms with Gasteiger partial charge in [-0.3, -0.25) is 4.79 Å². The molecule has 0 aliphatic heterocycles. The number of fused-ring (bicyclic) bond motifs is 1. The van der Waals surface area contributed by atoms with Crippen molar-refractivity contribution in [2.75, 3.05) is 5.32 Å². The van der Waals surface area contributed by atoms with Gasteiger partial charge >= 0.3 is 0 Å². The monoisotopic (exact) mass is 406 g/mol. The van der Waals surface area contributed by atoms with Crippen molar-refractivity contribution in [2.24, 2.45) is 23.2 Å². The fourth-order valence-electron chi connectivity index (χ4n) is 6.40. The van der Waals surface area contributed by atoms with E-state index in [1.807, 2.05) is 42.5 Å². The van der Waals surface area contributed by atoms with E-state index >= 15 is 0 Å². The molecule has 29 heavy (non-hydrogen) atoms. The summed E-state index contributed by atoms with van der Waals surface area (Å²) in [6.45, 7) is 0. The number of oxazole rings is 1. The average Bonchev–Trinajstić information content (AvgIpc) is 3.10. The number of anilines is 1. The second-order valence-corrected chi connectivity index (χ2v) is 9.80. The van der Waals surface area contributed by atoms with Gasteiger partial charge in [-0.1, -0.05) is 17.7 Å². The van der Waals surface area contributed by atoms with Gasteiger partial charge in [0.1, 0.15) is 5.52 Å². The SMILES string of the molecule is O=C(Nc1ccc2oc(-c3cccc(Cl)c3)nc2c1)C12CC3CC(CC(C3)C1)C2. The molecule has 4 nitrogen and oxygen atoms in total. The first-order chi connectivity index (χ1) is 14.1. The van der Waals surface area contributed by atoms with Gasteiger partial charge in [-0.05, 0) is 92.7 Å². The Morgan fingerprint density at radius 3 is 2.45 bits per heavy atom. The van der Waals surface area contributed by atoms with E-state index in [1.54, 1.807) is 0 Å². The van der Waals surface area contributed by atoms with Gasteiger partial charge < -0.3 is 9.73 Å². The zero-order valence-corrected chi connectivity index (χ0v) is 16.9. The number of carbonyl (C=O) groups is 1. The second kappa shape index (κ2) is 6.33. The molecule has 4 aliphatic carbocycles. The van der Waals surface area contributed by atoms with Gasteiger partial charge in [0.05, 0.1) is 5.41 Å². The van der Waals surface area contributed by atoms with Gasteiger partial charge in [-0.25, -0.2) is 4.98 Å². The third-order valence-electron chi connectivity index (χ3n) is 7.24. The van der Waals surface area contributed by atoms with Crippen LogP contribution in [0.3, 0.4) is 0 Å². The summed E-state index contributed by atoms with van der Waals surface area (Å²) in [5.74, 6) is 3.00. The van der Waals surface area contributed by atoms with Crippen LogP contribution in [0.4, 0.5) is 5.69 Å². The van der Waals surface area contributed by atoms with Crippen molar-refractivity contribution in [3.63, 3.8) is 0 Å². The molecule has 1 heterocycles. The molecule has 4 fully saturated rings. The normalized spacial score (nSPS) is 30.0. The highest BCUT2D eigenvalue weighted by Crippen LogP contribution is 2.60. The van der Waals surface area contributed by atoms with E-state index in [0.717, 1.165) is 53.8 Å². The topological polar surface area (TPSA) is 55.1 Å². The number of hydrogen-bond acceptors (Lipinski definition) is 3. The standard InChI is InChI=1S/C24H23ClN2O2/c25-18-3-1-2-17(9-18)22-27-20-10-19(4-5-21(20)29-22)26-23(28)24-11-14-6-15(12-24)8-16(7-14)13-24/h1-5,9-10,14-16H,6-8,11-13H2,(H,26,28). The highest BCUT2D eigenvalue weighted by molar-refractivity contribution is 6.30. The van der Waals surface area contributed by atoms with Crippen molar-refractivity contribution < 1.29 is 9.21 Å². The first-order valence-electron chi connectivity index (χ1n) is 10.5. The highest BCUT2D eigenvalue weighted by atomic mass is 35.5. The lowest BCUT2D eigenvalue weighted by atomic mass is 9.49. The summed E-state index contributed by atoms with van der Waals surface area (Å²) >= 11 is 6.09. The Morgan fingerprint density at radius 2 is 1.76 bits per heavy atom. The number of nitrogens with one attached hydrogen (secondary N) is 1. The van der Waals surface area contributed by atoms with Crippen LogP contribution in [0, 0.1) is 23.2 Å². The van der Waals surface area contributed by atoms with Crippen molar-refractivity contribution in [3.05, 3.63) is 47.5 Å². The third kappa shape index (κ3) is 2.96. The van der Waals surface area contributed by atoms with Gasteiger partial charge in [-0.2, -0.15) is 0 Å². The van der Waals surface area contributed by atoms with E-state index in [2.05, 4.69) is 10.3 Å². The third-order valence-corrected chi connectivity index (χ3v) is 7.47. The minimum atomic E-state index is -0.153. The van der Waals surface area contributed by atoms with Crippen molar-refractivity contribution in [3.8, 4) is 11.5 Å². The lowest BCUT2D eigenvalue weighted by molar-refractivity contribution is -0.140. The number of amides is 1. The lowest BCUT2D eigenvalue weighted by Gasteiger charge is -2.55. The highest BCUT2D eigenvalue weighted by Gasteiger charge is 2.54. The molecule has 4 bridgehead atoms. The summed E-state index contributed by atoms with van der Waals surface area (Å²) < 4.78 is 5.89. The number of carbonyl (C=O) groups excluding carboxylic acids is 1. The molecule has 0 unspecified atom stereocenters. The molecular formula is C24H23ClN2O2. The van der Waals surface area contributed by atoms with Crippen LogP contribution in [0.1, 0.15) is 38.5 Å². The van der Waals surface area contributed by atoms with E-state index in [-0.39, 0.29) is 11.3 Å². The van der Waals surface area contributed by atoms with E-state index in [1.165, 1.54) is 19.3 Å². The van der Waals surface area contributed by atoms with Crippen LogP contribution in [0.5, 0.6) is 0 Å². The number of aromatic nitrogens is 1. The maximum Gasteiger partial charge on any atom is 0.230 e. The van der Waals surface area contributed by atoms with Crippen LogP contribution < -0.4 is 5.32 Å². The molecule has 3 aromatic rings. The molecule has 0 radical (unpaired) electrons. The summed E-state index contributed by atoms with van der Waals surface area (Å²) in [5.41, 5.74) is 2.92. The summed E-state index contributed by atoms with van der Waals surface area (Å²) in [7, 11) is 0. The Kier molecular flexibility index (Phi) is 3.83. The molecule has 4 aliphatic rings. The Bertz CT molecular complexity index is 1080. The maximum absolute atomic E-state index is 13.3. The Balaban J connectivity index is 1.27. The van der Waals surface area contributed by atoms with Crippen molar-refractivity contribution in [1.82, 2.24) is 4.98 Å². The van der Waals surface area contributed by atoms with Crippen molar-refractivity contribution in [1.29, 1.82) is 0 Å². The van der Waals surface area contributed by atoms with Crippen LogP contribution in [-0.4, -0.2) is 10.9 Å². The van der Waals surface area contributed by atoms with Gasteiger partial charge in [-0.15, -0.1) is 0 Å². The summed E-state index contributed by atoms with van der Waals surface area (Å²) in [4.78, 5) is 17.9.